The lowest BCUT2D eigenvalue weighted by Crippen LogP contribution is -2.21. The number of hydrogen-bond donors (Lipinski definition) is 1. The number of benzene rings is 1. The third-order valence-electron chi connectivity index (χ3n) is 2.62. The second kappa shape index (κ2) is 6.63. The summed E-state index contributed by atoms with van der Waals surface area (Å²) >= 11 is 7.59. The fourth-order valence-electron chi connectivity index (χ4n) is 1.65. The van der Waals surface area contributed by atoms with E-state index in [1.54, 1.807) is 13.0 Å². The number of nitrogens with one attached hydrogen (secondary N) is 1. The highest BCUT2D eigenvalue weighted by Crippen LogP contribution is 2.15. The summed E-state index contributed by atoms with van der Waals surface area (Å²) in [6.07, 6.45) is 0.226. The Morgan fingerprint density at radius 3 is 2.85 bits per heavy atom. The number of amides is 1. The zero-order valence-corrected chi connectivity index (χ0v) is 12.8. The molecule has 0 saturated carbocycles. The Bertz CT molecular complexity index is 651. The smallest absolute Gasteiger partial charge is 0.246 e. The number of aromatic nitrogens is 1. The van der Waals surface area contributed by atoms with E-state index < -0.39 is 0 Å². The molecular formula is C14H14ClN3OS. The van der Waals surface area contributed by atoms with E-state index in [1.165, 1.54) is 11.3 Å². The molecule has 0 unspecified atom stereocenters. The predicted molar refractivity (Wildman–Crippen MR) is 82.4 cm³/mol. The van der Waals surface area contributed by atoms with Crippen LogP contribution in [-0.2, 0) is 11.2 Å². The van der Waals surface area contributed by atoms with Crippen molar-refractivity contribution in [1.29, 1.82) is 0 Å². The normalized spacial score (nSPS) is 11.4. The van der Waals surface area contributed by atoms with Crippen molar-refractivity contribution in [2.45, 2.75) is 20.3 Å². The van der Waals surface area contributed by atoms with Crippen molar-refractivity contribution < 1.29 is 4.79 Å². The highest BCUT2D eigenvalue weighted by molar-refractivity contribution is 7.09. The van der Waals surface area contributed by atoms with Crippen LogP contribution in [0.25, 0.3) is 0 Å². The van der Waals surface area contributed by atoms with Crippen molar-refractivity contribution in [1.82, 2.24) is 10.4 Å². The van der Waals surface area contributed by atoms with Crippen molar-refractivity contribution in [3.8, 4) is 0 Å². The second-order valence-electron chi connectivity index (χ2n) is 4.25. The Balaban J connectivity index is 1.98. The average Bonchev–Trinajstić information content (AvgIpc) is 2.82. The number of hydrogen-bond acceptors (Lipinski definition) is 4. The molecule has 6 heteroatoms. The van der Waals surface area contributed by atoms with E-state index in [0.29, 0.717) is 10.7 Å². The average molecular weight is 308 g/mol. The topological polar surface area (TPSA) is 54.4 Å². The van der Waals surface area contributed by atoms with Gasteiger partial charge in [0.05, 0.1) is 22.8 Å². The lowest BCUT2D eigenvalue weighted by molar-refractivity contribution is -0.120. The van der Waals surface area contributed by atoms with Crippen LogP contribution >= 0.6 is 22.9 Å². The molecule has 0 atom stereocenters. The van der Waals surface area contributed by atoms with E-state index in [9.17, 15) is 4.79 Å². The Hall–Kier alpha value is -1.72. The van der Waals surface area contributed by atoms with Gasteiger partial charge in [0.15, 0.2) is 0 Å². The molecule has 2 aromatic rings. The first-order valence-corrected chi connectivity index (χ1v) is 7.31. The summed E-state index contributed by atoms with van der Waals surface area (Å²) in [6, 6.07) is 7.37. The quantitative estimate of drug-likeness (QED) is 0.696. The van der Waals surface area contributed by atoms with Gasteiger partial charge in [-0.25, -0.2) is 10.4 Å². The van der Waals surface area contributed by atoms with Crippen LogP contribution in [0.2, 0.25) is 5.02 Å². The van der Waals surface area contributed by atoms with E-state index >= 15 is 0 Å². The maximum Gasteiger partial charge on any atom is 0.246 e. The molecule has 20 heavy (non-hydrogen) atoms. The second-order valence-corrected chi connectivity index (χ2v) is 5.72. The monoisotopic (exact) mass is 307 g/mol. The van der Waals surface area contributed by atoms with Crippen LogP contribution < -0.4 is 5.43 Å². The van der Waals surface area contributed by atoms with Gasteiger partial charge in [0.2, 0.25) is 5.91 Å². The van der Waals surface area contributed by atoms with Gasteiger partial charge in [-0.05, 0) is 19.9 Å². The van der Waals surface area contributed by atoms with Crippen LogP contribution in [-0.4, -0.2) is 16.6 Å². The Labute approximate surface area is 126 Å². The summed E-state index contributed by atoms with van der Waals surface area (Å²) in [7, 11) is 0. The molecule has 1 heterocycles. The summed E-state index contributed by atoms with van der Waals surface area (Å²) < 4.78 is 0. The van der Waals surface area contributed by atoms with Crippen LogP contribution in [0.3, 0.4) is 0 Å². The van der Waals surface area contributed by atoms with Gasteiger partial charge in [0.1, 0.15) is 0 Å². The minimum Gasteiger partial charge on any atom is -0.273 e. The third kappa shape index (κ3) is 3.88. The zero-order chi connectivity index (χ0) is 14.5. The maximum absolute atomic E-state index is 11.8. The molecular weight excluding hydrogens is 294 g/mol. The largest absolute Gasteiger partial charge is 0.273 e. The summed E-state index contributed by atoms with van der Waals surface area (Å²) in [5, 5.41) is 7.50. The summed E-state index contributed by atoms with van der Waals surface area (Å²) in [6.45, 7) is 3.71. The van der Waals surface area contributed by atoms with Crippen molar-refractivity contribution in [2.24, 2.45) is 5.10 Å². The van der Waals surface area contributed by atoms with Gasteiger partial charge < -0.3 is 0 Å². The lowest BCUT2D eigenvalue weighted by Gasteiger charge is -2.04. The molecule has 0 aliphatic rings. The highest BCUT2D eigenvalue weighted by atomic mass is 35.5. The first kappa shape index (κ1) is 14.7. The molecule has 1 aromatic carbocycles. The molecule has 0 spiro atoms. The number of halogens is 1. The van der Waals surface area contributed by atoms with E-state index in [-0.39, 0.29) is 12.3 Å². The van der Waals surface area contributed by atoms with Gasteiger partial charge in [0, 0.05) is 16.0 Å². The molecule has 1 amide bonds. The minimum absolute atomic E-state index is 0.193. The molecule has 0 aliphatic carbocycles. The Morgan fingerprint density at radius 1 is 1.45 bits per heavy atom. The first-order chi connectivity index (χ1) is 9.56. The van der Waals surface area contributed by atoms with Crippen LogP contribution in [0.1, 0.15) is 23.2 Å². The molecule has 2 rings (SSSR count). The molecule has 1 N–H and O–H groups in total. The number of hydrazone groups is 1. The fourth-order valence-corrected chi connectivity index (χ4v) is 2.54. The van der Waals surface area contributed by atoms with Crippen LogP contribution in [0.15, 0.2) is 34.7 Å². The summed E-state index contributed by atoms with van der Waals surface area (Å²) in [5.41, 5.74) is 4.75. The van der Waals surface area contributed by atoms with Crippen molar-refractivity contribution in [3.63, 3.8) is 0 Å². The molecule has 0 radical (unpaired) electrons. The number of aryl methyl sites for hydroxylation is 1. The SMILES string of the molecule is C/C(=N\NC(=O)Cc1csc(C)n1)c1ccccc1Cl. The number of carbonyl (C=O) groups excluding carboxylic acids is 1. The summed E-state index contributed by atoms with van der Waals surface area (Å²) in [4.78, 5) is 16.0. The number of rotatable bonds is 4. The van der Waals surface area contributed by atoms with E-state index in [2.05, 4.69) is 15.5 Å². The van der Waals surface area contributed by atoms with Crippen LogP contribution in [0.5, 0.6) is 0 Å². The Morgan fingerprint density at radius 2 is 2.20 bits per heavy atom. The van der Waals surface area contributed by atoms with Crippen molar-refractivity contribution >= 4 is 34.6 Å². The van der Waals surface area contributed by atoms with Crippen molar-refractivity contribution in [2.75, 3.05) is 0 Å². The van der Waals surface area contributed by atoms with E-state index in [1.807, 2.05) is 30.5 Å². The molecule has 1 aromatic heterocycles. The molecule has 0 aliphatic heterocycles. The summed E-state index contributed by atoms with van der Waals surface area (Å²) in [5.74, 6) is -0.193. The molecule has 0 bridgehead atoms. The maximum atomic E-state index is 11.8. The third-order valence-corrected chi connectivity index (χ3v) is 3.77. The van der Waals surface area contributed by atoms with Crippen molar-refractivity contribution in [3.05, 3.63) is 50.9 Å². The molecule has 104 valence electrons. The van der Waals surface area contributed by atoms with Gasteiger partial charge in [-0.3, -0.25) is 4.79 Å². The fraction of sp³-hybridized carbons (Fsp3) is 0.214. The van der Waals surface area contributed by atoms with Gasteiger partial charge in [-0.15, -0.1) is 11.3 Å². The number of thiazole rings is 1. The molecule has 0 saturated heterocycles. The number of carbonyl (C=O) groups is 1. The van der Waals surface area contributed by atoms with Crippen LogP contribution in [0.4, 0.5) is 0 Å². The van der Waals surface area contributed by atoms with Gasteiger partial charge >= 0.3 is 0 Å². The van der Waals surface area contributed by atoms with Gasteiger partial charge in [0.25, 0.3) is 0 Å². The van der Waals surface area contributed by atoms with E-state index in [0.717, 1.165) is 16.3 Å². The standard InChI is InChI=1S/C14H14ClN3OS/c1-9(12-5-3-4-6-13(12)15)17-18-14(19)7-11-8-20-10(2)16-11/h3-6,8H,7H2,1-2H3,(H,18,19)/b17-9+. The predicted octanol–water partition coefficient (Wildman–Crippen LogP) is 3.19. The molecule has 0 fully saturated rings. The number of nitrogens with zero attached hydrogens (tertiary/aromatic N) is 2. The Kier molecular flexibility index (Phi) is 4.87. The van der Waals surface area contributed by atoms with Crippen LogP contribution in [0, 0.1) is 6.92 Å². The highest BCUT2D eigenvalue weighted by Gasteiger charge is 2.07. The molecule has 4 nitrogen and oxygen atoms in total. The van der Waals surface area contributed by atoms with E-state index in [4.69, 9.17) is 11.6 Å². The first-order valence-electron chi connectivity index (χ1n) is 6.05. The zero-order valence-electron chi connectivity index (χ0n) is 11.2. The van der Waals surface area contributed by atoms with Gasteiger partial charge in [-0.1, -0.05) is 29.8 Å². The van der Waals surface area contributed by atoms with Gasteiger partial charge in [-0.2, -0.15) is 5.10 Å². The lowest BCUT2D eigenvalue weighted by atomic mass is 10.1. The minimum atomic E-state index is -0.193.